The van der Waals surface area contributed by atoms with Gasteiger partial charge in [-0.1, -0.05) is 76.1 Å². The van der Waals surface area contributed by atoms with E-state index in [9.17, 15) is 10.2 Å². The first kappa shape index (κ1) is 35.1. The second-order valence-electron chi connectivity index (χ2n) is 7.70. The molecule has 0 unspecified atom stereocenters. The average molecular weight is 668 g/mol. The second kappa shape index (κ2) is 17.7. The van der Waals surface area contributed by atoms with Gasteiger partial charge in [-0.15, -0.1) is 0 Å². The van der Waals surface area contributed by atoms with Crippen LogP contribution in [0.2, 0.25) is 20.1 Å². The van der Waals surface area contributed by atoms with Crippen LogP contribution in [0, 0.1) is 22.2 Å². The molecular weight excluding hydrogens is 648 g/mol. The summed E-state index contributed by atoms with van der Waals surface area (Å²) < 4.78 is 0. The van der Waals surface area contributed by atoms with Gasteiger partial charge in [0.1, 0.15) is 0 Å². The molecule has 0 N–H and O–H groups in total. The molecule has 1 aromatic carbocycles. The molecule has 10 nitrogen and oxygen atoms in total. The Balaban J connectivity index is 0.000000396. The molecule has 4 aromatic rings. The zero-order valence-corrected chi connectivity index (χ0v) is 24.7. The molecule has 0 saturated heterocycles. The number of benzene rings is 1. The molecule has 40 heavy (non-hydrogen) atoms. The third kappa shape index (κ3) is 11.7. The molecule has 0 radical (unpaired) electrons. The Morgan fingerprint density at radius 2 is 1.10 bits per heavy atom. The quantitative estimate of drug-likeness (QED) is 0.0842. The van der Waals surface area contributed by atoms with Crippen LogP contribution >= 0.6 is 46.4 Å². The van der Waals surface area contributed by atoms with Crippen LogP contribution in [-0.2, 0) is 36.7 Å². The van der Waals surface area contributed by atoms with E-state index in [1.165, 1.54) is 0 Å². The topological polar surface area (TPSA) is 154 Å². The minimum Gasteiger partial charge on any atom is -0.872 e. The van der Waals surface area contributed by atoms with Crippen LogP contribution in [0.5, 0.6) is 11.5 Å². The molecule has 0 amide bonds. The maximum Gasteiger partial charge on any atom is 4.00 e. The number of hydrogen-bond acceptors (Lipinski definition) is 9. The predicted octanol–water partition coefficient (Wildman–Crippen LogP) is 5.59. The zero-order chi connectivity index (χ0) is 28.9. The zero-order valence-electron chi connectivity index (χ0n) is 20.6. The molecule has 0 bridgehead atoms. The molecule has 4 rings (SSSR count). The number of nitrogens with zero attached hydrogens (tertiary/aromatic N) is 5. The first-order valence-electron chi connectivity index (χ1n) is 11.0. The van der Waals surface area contributed by atoms with E-state index in [1.54, 1.807) is 0 Å². The predicted molar refractivity (Wildman–Crippen MR) is 146 cm³/mol. The summed E-state index contributed by atoms with van der Waals surface area (Å²) in [5.41, 5.74) is 4.21. The van der Waals surface area contributed by atoms with Gasteiger partial charge in [0, 0.05) is 37.7 Å². The normalized spacial score (nSPS) is 9.95. The van der Waals surface area contributed by atoms with Crippen molar-refractivity contribution in [3.8, 4) is 11.5 Å². The molecule has 3 heterocycles. The maximum atomic E-state index is 10.9. The van der Waals surface area contributed by atoms with Gasteiger partial charge in [0.05, 0.1) is 42.3 Å². The second-order valence-corrected chi connectivity index (χ2v) is 9.21. The van der Waals surface area contributed by atoms with Crippen molar-refractivity contribution in [2.45, 2.75) is 26.6 Å². The van der Waals surface area contributed by atoms with Gasteiger partial charge in [0.25, 0.3) is 0 Å². The Hall–Kier alpha value is -2.89. The number of aryl methyl sites for hydroxylation is 1. The summed E-state index contributed by atoms with van der Waals surface area (Å²) in [5, 5.41) is 35.4. The third-order valence-electron chi connectivity index (χ3n) is 4.74. The van der Waals surface area contributed by atoms with Gasteiger partial charge in [0.2, 0.25) is 0 Å². The number of aromatic nitrogens is 3. The minimum absolute atomic E-state index is 0. The third-order valence-corrected chi connectivity index (χ3v) is 6.51. The van der Waals surface area contributed by atoms with Crippen LogP contribution in [0.25, 0.3) is 0 Å². The molecule has 15 heteroatoms. The molecule has 0 saturated carbocycles. The molecule has 210 valence electrons. The fraction of sp³-hybridized carbons (Fsp3) is 0.160. The van der Waals surface area contributed by atoms with E-state index in [4.69, 9.17) is 61.7 Å². The van der Waals surface area contributed by atoms with Gasteiger partial charge in [-0.2, -0.15) is 0 Å². The van der Waals surface area contributed by atoms with Crippen molar-refractivity contribution in [3.05, 3.63) is 125 Å². The number of hydrogen-bond donors (Lipinski definition) is 0. The van der Waals surface area contributed by atoms with E-state index < -0.39 is 26.6 Å². The molecule has 0 aliphatic heterocycles. The average Bonchev–Trinajstić information content (AvgIpc) is 2.91. The van der Waals surface area contributed by atoms with Gasteiger partial charge >= 0.3 is 17.1 Å². The molecule has 0 fully saturated rings. The molecular formula is C25H20Cl4FeN5O5+. The van der Waals surface area contributed by atoms with Crippen molar-refractivity contribution in [2.75, 3.05) is 0 Å². The van der Waals surface area contributed by atoms with E-state index in [2.05, 4.69) is 44.1 Å². The summed E-state index contributed by atoms with van der Waals surface area (Å²) in [5.74, 6) is -1.87. The Kier molecular flexibility index (Phi) is 15.6. The van der Waals surface area contributed by atoms with E-state index in [0.29, 0.717) is 0 Å². The summed E-state index contributed by atoms with van der Waals surface area (Å²) in [4.78, 5) is 24.0. The summed E-state index contributed by atoms with van der Waals surface area (Å²) in [6.45, 7) is 4.33. The summed E-state index contributed by atoms with van der Waals surface area (Å²) in [6.07, 6.45) is 3.67. The van der Waals surface area contributed by atoms with Gasteiger partial charge in [-0.25, -0.2) is 0 Å². The van der Waals surface area contributed by atoms with E-state index >= 15 is 0 Å². The van der Waals surface area contributed by atoms with Crippen LogP contribution in [0.4, 0.5) is 0 Å². The van der Waals surface area contributed by atoms with E-state index in [-0.39, 0.29) is 27.1 Å². The van der Waals surface area contributed by atoms with Crippen molar-refractivity contribution in [1.82, 2.24) is 19.9 Å². The monoisotopic (exact) mass is 666 g/mol. The summed E-state index contributed by atoms with van der Waals surface area (Å²) in [6, 6.07) is 18.2. The van der Waals surface area contributed by atoms with Gasteiger partial charge < -0.3 is 25.5 Å². The van der Waals surface area contributed by atoms with Gasteiger partial charge in [-0.05, 0) is 43.3 Å². The first-order chi connectivity index (χ1) is 18.5. The van der Waals surface area contributed by atoms with Crippen LogP contribution in [-0.4, -0.2) is 24.9 Å². The molecule has 3 aromatic heterocycles. The van der Waals surface area contributed by atoms with Crippen LogP contribution in [0.1, 0.15) is 22.8 Å². The van der Waals surface area contributed by atoms with Crippen LogP contribution < -0.4 is 10.2 Å². The Morgan fingerprint density at radius 3 is 1.48 bits per heavy atom. The van der Waals surface area contributed by atoms with Gasteiger partial charge in [0.15, 0.2) is 0 Å². The molecule has 0 spiro atoms. The standard InChI is InChI=1S/C19H20N4.C6H2Cl4O2.Fe.NO3/c1-16-7-6-10-19(22-16)15-23(13-17-8-2-4-11-20-17)14-18-9-3-5-12-21-18;7-1-2(8)4(10)6(12)5(11)3(1)9;;2-1(3)4/h2-12H,13-15H2,1H3;11-12H;;/q;;+4;-1/p-2. The number of pyridine rings is 3. The summed E-state index contributed by atoms with van der Waals surface area (Å²) in [7, 11) is 0. The molecule has 0 atom stereocenters. The molecule has 0 aliphatic rings. The number of halogens is 4. The Labute approximate surface area is 260 Å². The van der Waals surface area contributed by atoms with Crippen molar-refractivity contribution < 1.29 is 32.4 Å². The SMILES string of the molecule is Cc1cccc(CN(Cc2ccccn2)Cc2ccccn2)n1.O=[N+]([O-])[O-].[Fe+4].[O-]c1c([O-])c(Cl)c(Cl)c(Cl)c1Cl. The van der Waals surface area contributed by atoms with Crippen molar-refractivity contribution >= 4 is 46.4 Å². The largest absolute Gasteiger partial charge is 4.00 e. The Morgan fingerprint density at radius 1 is 0.700 bits per heavy atom. The molecule has 0 aliphatic carbocycles. The van der Waals surface area contributed by atoms with Crippen molar-refractivity contribution in [1.29, 1.82) is 0 Å². The first-order valence-corrected chi connectivity index (χ1v) is 12.5. The Bertz CT molecular complexity index is 1220. The van der Waals surface area contributed by atoms with E-state index in [0.717, 1.165) is 42.4 Å². The van der Waals surface area contributed by atoms with Crippen molar-refractivity contribution in [3.63, 3.8) is 0 Å². The number of rotatable bonds is 6. The fourth-order valence-electron chi connectivity index (χ4n) is 3.12. The van der Waals surface area contributed by atoms with Crippen LogP contribution in [0.3, 0.4) is 0 Å². The van der Waals surface area contributed by atoms with Crippen molar-refractivity contribution in [2.24, 2.45) is 0 Å². The van der Waals surface area contributed by atoms with Crippen LogP contribution in [0.15, 0.2) is 67.0 Å². The van der Waals surface area contributed by atoms with Gasteiger partial charge in [-0.3, -0.25) is 19.9 Å². The fourth-order valence-corrected chi connectivity index (χ4v) is 3.94. The minimum atomic E-state index is -1.75. The summed E-state index contributed by atoms with van der Waals surface area (Å²) >= 11 is 21.7. The maximum absolute atomic E-state index is 10.9. The van der Waals surface area contributed by atoms with E-state index in [1.807, 2.05) is 49.6 Å². The smallest absolute Gasteiger partial charge is 0.872 e.